The van der Waals surface area contributed by atoms with Crippen molar-refractivity contribution in [2.45, 2.75) is 6.42 Å². The number of amides is 1. The zero-order valence-electron chi connectivity index (χ0n) is 14.9. The summed E-state index contributed by atoms with van der Waals surface area (Å²) < 4.78 is 15.6. The molecule has 1 amide bonds. The average Bonchev–Trinajstić information content (AvgIpc) is 3.17. The highest BCUT2D eigenvalue weighted by Crippen LogP contribution is 2.30. The van der Waals surface area contributed by atoms with Gasteiger partial charge in [-0.25, -0.2) is 5.01 Å². The zero-order valence-corrected chi connectivity index (χ0v) is 14.9. The lowest BCUT2D eigenvalue weighted by Crippen LogP contribution is -2.23. The van der Waals surface area contributed by atoms with Crippen molar-refractivity contribution in [1.82, 2.24) is 5.01 Å². The minimum Gasteiger partial charge on any atom is -0.504 e. The molecule has 2 aromatic rings. The standard InChI is InChI=1S/C19H20N2O5/c1-24-16-7-5-12(10-18(16)26-3)14-8-9-21(20-14)19(23)13-4-6-15(22)17(11-13)25-2/h4-7,10-11,22H,8-9H2,1-3H3. The van der Waals surface area contributed by atoms with E-state index in [9.17, 15) is 9.90 Å². The number of methoxy groups -OCH3 is 3. The highest BCUT2D eigenvalue weighted by Gasteiger charge is 2.24. The maximum Gasteiger partial charge on any atom is 0.274 e. The first-order chi connectivity index (χ1) is 12.6. The number of hydrogen-bond donors (Lipinski definition) is 1. The molecule has 0 saturated carbocycles. The largest absolute Gasteiger partial charge is 0.504 e. The van der Waals surface area contributed by atoms with Crippen LogP contribution in [0.3, 0.4) is 0 Å². The summed E-state index contributed by atoms with van der Waals surface area (Å²) in [6.45, 7) is 0.478. The molecule has 1 aliphatic heterocycles. The van der Waals surface area contributed by atoms with Gasteiger partial charge in [-0.2, -0.15) is 5.10 Å². The maximum atomic E-state index is 12.7. The first kappa shape index (κ1) is 17.6. The number of phenolic OH excluding ortho intramolecular Hbond substituents is 1. The predicted molar refractivity (Wildman–Crippen MR) is 96.4 cm³/mol. The van der Waals surface area contributed by atoms with Gasteiger partial charge in [-0.05, 0) is 36.4 Å². The minimum absolute atomic E-state index is 0.0139. The van der Waals surface area contributed by atoms with Crippen LogP contribution in [-0.4, -0.2) is 49.6 Å². The summed E-state index contributed by atoms with van der Waals surface area (Å²) in [5.41, 5.74) is 2.07. The van der Waals surface area contributed by atoms with Gasteiger partial charge in [-0.3, -0.25) is 4.79 Å². The summed E-state index contributed by atoms with van der Waals surface area (Å²) in [5, 5.41) is 15.5. The third-order valence-corrected chi connectivity index (χ3v) is 4.18. The molecule has 0 atom stereocenters. The fourth-order valence-electron chi connectivity index (χ4n) is 2.78. The maximum absolute atomic E-state index is 12.7. The molecule has 0 radical (unpaired) electrons. The Morgan fingerprint density at radius 3 is 2.42 bits per heavy atom. The molecule has 26 heavy (non-hydrogen) atoms. The van der Waals surface area contributed by atoms with E-state index in [2.05, 4.69) is 5.10 Å². The van der Waals surface area contributed by atoms with E-state index in [-0.39, 0.29) is 17.4 Å². The Bertz CT molecular complexity index is 863. The molecule has 1 aliphatic rings. The van der Waals surface area contributed by atoms with E-state index < -0.39 is 0 Å². The topological polar surface area (TPSA) is 80.6 Å². The van der Waals surface area contributed by atoms with Gasteiger partial charge in [0.2, 0.25) is 0 Å². The number of nitrogens with zero attached hydrogens (tertiary/aromatic N) is 2. The van der Waals surface area contributed by atoms with Crippen LogP contribution >= 0.6 is 0 Å². The van der Waals surface area contributed by atoms with Gasteiger partial charge in [0, 0.05) is 17.5 Å². The van der Waals surface area contributed by atoms with E-state index >= 15 is 0 Å². The van der Waals surface area contributed by atoms with E-state index in [4.69, 9.17) is 14.2 Å². The molecule has 0 spiro atoms. The third-order valence-electron chi connectivity index (χ3n) is 4.18. The molecule has 1 N–H and O–H groups in total. The molecular weight excluding hydrogens is 336 g/mol. The quantitative estimate of drug-likeness (QED) is 0.891. The van der Waals surface area contributed by atoms with Crippen molar-refractivity contribution >= 4 is 11.6 Å². The van der Waals surface area contributed by atoms with Gasteiger partial charge in [-0.1, -0.05) is 0 Å². The third kappa shape index (κ3) is 3.28. The molecule has 0 aliphatic carbocycles. The number of ether oxygens (including phenoxy) is 3. The van der Waals surface area contributed by atoms with Crippen LogP contribution in [0.4, 0.5) is 0 Å². The number of carbonyl (C=O) groups is 1. The van der Waals surface area contributed by atoms with Crippen molar-refractivity contribution in [3.8, 4) is 23.0 Å². The lowest BCUT2D eigenvalue weighted by Gasteiger charge is -2.12. The monoisotopic (exact) mass is 356 g/mol. The van der Waals surface area contributed by atoms with Crippen molar-refractivity contribution in [1.29, 1.82) is 0 Å². The van der Waals surface area contributed by atoms with Crippen LogP contribution in [0, 0.1) is 0 Å². The lowest BCUT2D eigenvalue weighted by atomic mass is 10.1. The van der Waals surface area contributed by atoms with E-state index in [1.165, 1.54) is 24.3 Å². The first-order valence-electron chi connectivity index (χ1n) is 8.06. The Morgan fingerprint density at radius 2 is 1.73 bits per heavy atom. The molecule has 0 fully saturated rings. The molecule has 7 heteroatoms. The Balaban J connectivity index is 1.84. The average molecular weight is 356 g/mol. The van der Waals surface area contributed by atoms with Crippen molar-refractivity contribution in [2.24, 2.45) is 5.10 Å². The van der Waals surface area contributed by atoms with Gasteiger partial charge in [0.15, 0.2) is 23.0 Å². The number of rotatable bonds is 5. The second kappa shape index (κ2) is 7.35. The molecule has 0 unspecified atom stereocenters. The van der Waals surface area contributed by atoms with Crippen LogP contribution in [0.1, 0.15) is 22.3 Å². The molecule has 3 rings (SSSR count). The summed E-state index contributed by atoms with van der Waals surface area (Å²) in [4.78, 5) is 12.7. The number of aromatic hydroxyl groups is 1. The normalized spacial score (nSPS) is 13.3. The van der Waals surface area contributed by atoms with E-state index in [0.29, 0.717) is 30.0 Å². The number of carbonyl (C=O) groups excluding carboxylic acids is 1. The van der Waals surface area contributed by atoms with Gasteiger partial charge in [0.25, 0.3) is 5.91 Å². The molecule has 1 heterocycles. The minimum atomic E-state index is -0.251. The highest BCUT2D eigenvalue weighted by molar-refractivity contribution is 6.04. The number of phenols is 1. The van der Waals surface area contributed by atoms with Crippen LogP contribution in [0.2, 0.25) is 0 Å². The van der Waals surface area contributed by atoms with Gasteiger partial charge in [0.1, 0.15) is 0 Å². The van der Waals surface area contributed by atoms with Crippen molar-refractivity contribution in [3.05, 3.63) is 47.5 Å². The fraction of sp³-hybridized carbons (Fsp3) is 0.263. The molecule has 7 nitrogen and oxygen atoms in total. The Hall–Kier alpha value is -3.22. The van der Waals surface area contributed by atoms with Crippen LogP contribution in [0.15, 0.2) is 41.5 Å². The number of hydrazone groups is 1. The van der Waals surface area contributed by atoms with Gasteiger partial charge < -0.3 is 19.3 Å². The van der Waals surface area contributed by atoms with E-state index in [1.54, 1.807) is 20.3 Å². The van der Waals surface area contributed by atoms with Crippen LogP contribution < -0.4 is 14.2 Å². The molecule has 0 saturated heterocycles. The van der Waals surface area contributed by atoms with Gasteiger partial charge in [-0.15, -0.1) is 0 Å². The molecule has 0 bridgehead atoms. The second-order valence-corrected chi connectivity index (χ2v) is 5.68. The molecule has 0 aromatic heterocycles. The first-order valence-corrected chi connectivity index (χ1v) is 8.06. The van der Waals surface area contributed by atoms with Crippen molar-refractivity contribution < 1.29 is 24.1 Å². The molecule has 2 aromatic carbocycles. The summed E-state index contributed by atoms with van der Waals surface area (Å²) in [5.74, 6) is 1.23. The molecule has 136 valence electrons. The highest BCUT2D eigenvalue weighted by atomic mass is 16.5. The predicted octanol–water partition coefficient (Wildman–Crippen LogP) is 2.67. The Morgan fingerprint density at radius 1 is 1.00 bits per heavy atom. The van der Waals surface area contributed by atoms with Crippen LogP contribution in [0.25, 0.3) is 0 Å². The smallest absolute Gasteiger partial charge is 0.274 e. The van der Waals surface area contributed by atoms with Crippen LogP contribution in [0.5, 0.6) is 23.0 Å². The fourth-order valence-corrected chi connectivity index (χ4v) is 2.78. The summed E-state index contributed by atoms with van der Waals surface area (Å²) in [6.07, 6.45) is 0.635. The Kier molecular flexibility index (Phi) is 4.97. The summed E-state index contributed by atoms with van der Waals surface area (Å²) >= 11 is 0. The van der Waals surface area contributed by atoms with Gasteiger partial charge >= 0.3 is 0 Å². The SMILES string of the molecule is COc1cc(C(=O)N2CCC(c3ccc(OC)c(OC)c3)=N2)ccc1O. The summed E-state index contributed by atoms with van der Waals surface area (Å²) in [7, 11) is 4.59. The van der Waals surface area contributed by atoms with Gasteiger partial charge in [0.05, 0.1) is 33.6 Å². The lowest BCUT2D eigenvalue weighted by molar-refractivity contribution is 0.0778. The number of benzene rings is 2. The number of hydrogen-bond acceptors (Lipinski definition) is 6. The summed E-state index contributed by atoms with van der Waals surface area (Å²) in [6, 6.07) is 10.0. The van der Waals surface area contributed by atoms with E-state index in [0.717, 1.165) is 11.3 Å². The Labute approximate surface area is 151 Å². The van der Waals surface area contributed by atoms with Crippen molar-refractivity contribution in [3.63, 3.8) is 0 Å². The second-order valence-electron chi connectivity index (χ2n) is 5.68. The van der Waals surface area contributed by atoms with Crippen molar-refractivity contribution in [2.75, 3.05) is 27.9 Å². The zero-order chi connectivity index (χ0) is 18.7. The van der Waals surface area contributed by atoms with E-state index in [1.807, 2.05) is 18.2 Å². The molecular formula is C19H20N2O5. The van der Waals surface area contributed by atoms with Crippen LogP contribution in [-0.2, 0) is 0 Å².